The van der Waals surface area contributed by atoms with Gasteiger partial charge in [-0.25, -0.2) is 4.39 Å². The van der Waals surface area contributed by atoms with E-state index in [-0.39, 0.29) is 18.2 Å². The minimum absolute atomic E-state index is 0. The molecule has 0 atom stereocenters. The summed E-state index contributed by atoms with van der Waals surface area (Å²) in [5.74, 6) is -0.142. The van der Waals surface area contributed by atoms with Gasteiger partial charge in [0.2, 0.25) is 0 Å². The van der Waals surface area contributed by atoms with Crippen LogP contribution in [0.1, 0.15) is 11.1 Å². The first-order valence-corrected chi connectivity index (χ1v) is 6.32. The van der Waals surface area contributed by atoms with Crippen LogP contribution in [-0.4, -0.2) is 6.54 Å². The molecule has 2 aromatic rings. The molecule has 0 radical (unpaired) electrons. The summed E-state index contributed by atoms with van der Waals surface area (Å²) in [6.45, 7) is 1.43. The van der Waals surface area contributed by atoms with E-state index in [1.807, 2.05) is 36.4 Å². The second-order valence-corrected chi connectivity index (χ2v) is 4.52. The van der Waals surface area contributed by atoms with Gasteiger partial charge < -0.3 is 5.32 Å². The number of nitrogens with one attached hydrogen (secondary N) is 1. The molecule has 2 rings (SSSR count). The fourth-order valence-electron chi connectivity index (χ4n) is 1.79. The molecule has 19 heavy (non-hydrogen) atoms. The van der Waals surface area contributed by atoms with E-state index in [4.69, 9.17) is 11.6 Å². The normalized spacial score (nSPS) is 10.0. The summed E-state index contributed by atoms with van der Waals surface area (Å²) in [4.78, 5) is 0. The molecule has 0 bridgehead atoms. The molecule has 0 unspecified atom stereocenters. The SMILES string of the molecule is Cl.Fc1ccccc1CCNCc1ccccc1Cl. The average Bonchev–Trinajstić information content (AvgIpc) is 2.38. The summed E-state index contributed by atoms with van der Waals surface area (Å²) in [6.07, 6.45) is 0.678. The van der Waals surface area contributed by atoms with E-state index < -0.39 is 0 Å². The fourth-order valence-corrected chi connectivity index (χ4v) is 1.99. The molecule has 0 spiro atoms. The lowest BCUT2D eigenvalue weighted by molar-refractivity contribution is 0.598. The van der Waals surface area contributed by atoms with Gasteiger partial charge in [-0.3, -0.25) is 0 Å². The Morgan fingerprint density at radius 2 is 1.58 bits per heavy atom. The summed E-state index contributed by atoms with van der Waals surface area (Å²) >= 11 is 6.05. The third-order valence-electron chi connectivity index (χ3n) is 2.80. The van der Waals surface area contributed by atoms with E-state index in [0.29, 0.717) is 13.0 Å². The molecule has 0 aromatic heterocycles. The van der Waals surface area contributed by atoms with Crippen molar-refractivity contribution in [2.45, 2.75) is 13.0 Å². The Kier molecular flexibility index (Phi) is 6.85. The molecular weight excluding hydrogens is 284 g/mol. The van der Waals surface area contributed by atoms with Gasteiger partial charge in [0.05, 0.1) is 0 Å². The minimum Gasteiger partial charge on any atom is -0.312 e. The summed E-state index contributed by atoms with van der Waals surface area (Å²) in [5.41, 5.74) is 1.80. The third-order valence-corrected chi connectivity index (χ3v) is 3.17. The highest BCUT2D eigenvalue weighted by atomic mass is 35.5. The summed E-state index contributed by atoms with van der Waals surface area (Å²) in [6, 6.07) is 14.6. The minimum atomic E-state index is -0.142. The predicted molar refractivity (Wildman–Crippen MR) is 80.5 cm³/mol. The van der Waals surface area contributed by atoms with Crippen molar-refractivity contribution < 1.29 is 4.39 Å². The van der Waals surface area contributed by atoms with E-state index in [2.05, 4.69) is 5.32 Å². The van der Waals surface area contributed by atoms with Crippen LogP contribution in [0.5, 0.6) is 0 Å². The molecule has 0 saturated heterocycles. The third kappa shape index (κ3) is 4.83. The van der Waals surface area contributed by atoms with Gasteiger partial charge in [-0.1, -0.05) is 48.0 Å². The van der Waals surface area contributed by atoms with Gasteiger partial charge in [-0.2, -0.15) is 0 Å². The average molecular weight is 300 g/mol. The molecule has 0 amide bonds. The Bertz CT molecular complexity index is 470. The van der Waals surface area contributed by atoms with Gasteiger partial charge in [0, 0.05) is 11.6 Å². The molecule has 1 N–H and O–H groups in total. The Balaban J connectivity index is 0.00000180. The van der Waals surface area contributed by atoms with Crippen LogP contribution in [0.15, 0.2) is 48.5 Å². The quantitative estimate of drug-likeness (QED) is 0.815. The standard InChI is InChI=1S/C15H15ClFN.ClH/c16-14-7-3-1-6-13(14)11-18-10-9-12-5-2-4-8-15(12)17;/h1-8,18H,9-11H2;1H. The van der Waals surface area contributed by atoms with Gasteiger partial charge in [0.25, 0.3) is 0 Å². The Morgan fingerprint density at radius 1 is 0.947 bits per heavy atom. The number of rotatable bonds is 5. The molecule has 0 fully saturated rings. The van der Waals surface area contributed by atoms with E-state index in [0.717, 1.165) is 22.7 Å². The van der Waals surface area contributed by atoms with Crippen LogP contribution in [0.4, 0.5) is 4.39 Å². The van der Waals surface area contributed by atoms with E-state index in [1.165, 1.54) is 6.07 Å². The van der Waals surface area contributed by atoms with Crippen molar-refractivity contribution in [1.82, 2.24) is 5.32 Å². The first kappa shape index (κ1) is 16.0. The molecule has 0 aliphatic rings. The molecule has 102 valence electrons. The number of hydrogen-bond acceptors (Lipinski definition) is 1. The van der Waals surface area contributed by atoms with Gasteiger partial charge in [-0.05, 0) is 36.2 Å². The monoisotopic (exact) mass is 299 g/mol. The largest absolute Gasteiger partial charge is 0.312 e. The highest BCUT2D eigenvalue weighted by Gasteiger charge is 2.01. The second-order valence-electron chi connectivity index (χ2n) is 4.11. The number of benzene rings is 2. The highest BCUT2D eigenvalue weighted by molar-refractivity contribution is 6.31. The molecule has 0 aliphatic heterocycles. The lowest BCUT2D eigenvalue weighted by atomic mass is 10.1. The summed E-state index contributed by atoms with van der Waals surface area (Å²) in [5, 5.41) is 4.03. The van der Waals surface area contributed by atoms with Crippen molar-refractivity contribution >= 4 is 24.0 Å². The molecule has 1 nitrogen and oxygen atoms in total. The van der Waals surface area contributed by atoms with Crippen molar-refractivity contribution in [3.8, 4) is 0 Å². The van der Waals surface area contributed by atoms with Crippen LogP contribution in [0.25, 0.3) is 0 Å². The first-order chi connectivity index (χ1) is 8.77. The number of hydrogen-bond donors (Lipinski definition) is 1. The van der Waals surface area contributed by atoms with Crippen molar-refractivity contribution in [3.63, 3.8) is 0 Å². The Hall–Kier alpha value is -1.09. The van der Waals surface area contributed by atoms with E-state index in [1.54, 1.807) is 6.07 Å². The molecule has 4 heteroatoms. The molecule has 0 saturated carbocycles. The van der Waals surface area contributed by atoms with E-state index >= 15 is 0 Å². The zero-order valence-corrected chi connectivity index (χ0v) is 12.0. The Morgan fingerprint density at radius 3 is 2.26 bits per heavy atom. The lowest BCUT2D eigenvalue weighted by Crippen LogP contribution is -2.17. The maximum absolute atomic E-state index is 13.4. The van der Waals surface area contributed by atoms with Crippen molar-refractivity contribution in [2.75, 3.05) is 6.54 Å². The Labute approximate surface area is 124 Å². The van der Waals surface area contributed by atoms with Crippen LogP contribution in [0.3, 0.4) is 0 Å². The van der Waals surface area contributed by atoms with Crippen molar-refractivity contribution in [1.29, 1.82) is 0 Å². The van der Waals surface area contributed by atoms with Gasteiger partial charge >= 0.3 is 0 Å². The summed E-state index contributed by atoms with van der Waals surface area (Å²) in [7, 11) is 0. The topological polar surface area (TPSA) is 12.0 Å². The van der Waals surface area contributed by atoms with E-state index in [9.17, 15) is 4.39 Å². The van der Waals surface area contributed by atoms with Gasteiger partial charge in [-0.15, -0.1) is 12.4 Å². The lowest BCUT2D eigenvalue weighted by Gasteiger charge is -2.07. The first-order valence-electron chi connectivity index (χ1n) is 5.95. The van der Waals surface area contributed by atoms with Crippen LogP contribution in [0.2, 0.25) is 5.02 Å². The van der Waals surface area contributed by atoms with Gasteiger partial charge in [0.15, 0.2) is 0 Å². The van der Waals surface area contributed by atoms with Crippen LogP contribution >= 0.6 is 24.0 Å². The maximum atomic E-state index is 13.4. The molecular formula is C15H16Cl2FN. The van der Waals surface area contributed by atoms with Crippen molar-refractivity contribution in [3.05, 3.63) is 70.5 Å². The highest BCUT2D eigenvalue weighted by Crippen LogP contribution is 2.14. The van der Waals surface area contributed by atoms with Crippen LogP contribution in [0, 0.1) is 5.82 Å². The predicted octanol–water partition coefficient (Wildman–Crippen LogP) is 4.23. The maximum Gasteiger partial charge on any atom is 0.126 e. The van der Waals surface area contributed by atoms with Crippen LogP contribution in [-0.2, 0) is 13.0 Å². The smallest absolute Gasteiger partial charge is 0.126 e. The summed E-state index contributed by atoms with van der Waals surface area (Å²) < 4.78 is 13.4. The molecule has 2 aromatic carbocycles. The zero-order valence-electron chi connectivity index (χ0n) is 10.4. The fraction of sp³-hybridized carbons (Fsp3) is 0.200. The van der Waals surface area contributed by atoms with Gasteiger partial charge in [0.1, 0.15) is 5.82 Å². The number of halogens is 3. The second kappa shape index (κ2) is 8.16. The van der Waals surface area contributed by atoms with Crippen LogP contribution < -0.4 is 5.32 Å². The van der Waals surface area contributed by atoms with Crippen molar-refractivity contribution in [2.24, 2.45) is 0 Å². The zero-order chi connectivity index (χ0) is 12.8. The molecule has 0 aliphatic carbocycles. The molecule has 0 heterocycles.